The van der Waals surface area contributed by atoms with E-state index in [-0.39, 0.29) is 0 Å². The van der Waals surface area contributed by atoms with Gasteiger partial charge in [-0.2, -0.15) is 0 Å². The van der Waals surface area contributed by atoms with E-state index in [0.29, 0.717) is 11.7 Å². The van der Waals surface area contributed by atoms with E-state index in [0.717, 1.165) is 26.7 Å². The molecule has 2 aromatic rings. The number of fused-ring (bicyclic) bond motifs is 1. The van der Waals surface area contributed by atoms with Crippen molar-refractivity contribution in [1.82, 2.24) is 4.98 Å². The van der Waals surface area contributed by atoms with Crippen molar-refractivity contribution in [3.05, 3.63) is 28.2 Å². The van der Waals surface area contributed by atoms with Crippen LogP contribution in [0.2, 0.25) is 0 Å². The van der Waals surface area contributed by atoms with E-state index in [1.54, 1.807) is 7.11 Å². The average Bonchev–Trinajstić information content (AvgIpc) is 2.29. The Kier molecular flexibility index (Phi) is 3.24. The first kappa shape index (κ1) is 12.2. The monoisotopic (exact) mass is 294 g/mol. The maximum atomic E-state index is 5.98. The number of nitrogen functional groups attached to an aromatic ring is 1. The van der Waals surface area contributed by atoms with Crippen LogP contribution in [-0.2, 0) is 0 Å². The molecule has 0 fully saturated rings. The first-order valence-electron chi connectivity index (χ1n) is 5.47. The maximum absolute atomic E-state index is 5.98. The summed E-state index contributed by atoms with van der Waals surface area (Å²) in [7, 11) is 1.66. The largest absolute Gasteiger partial charge is 0.496 e. The number of hydrogen-bond donors (Lipinski definition) is 1. The molecule has 0 bridgehead atoms. The molecule has 0 aliphatic heterocycles. The third-order valence-corrected chi connectivity index (χ3v) is 3.44. The van der Waals surface area contributed by atoms with Gasteiger partial charge in [-0.1, -0.05) is 13.8 Å². The SMILES string of the molecule is COc1ccc(Br)c2nc(N)c(C(C)C)cc12. The second kappa shape index (κ2) is 4.53. The number of anilines is 1. The highest BCUT2D eigenvalue weighted by atomic mass is 79.9. The predicted octanol–water partition coefficient (Wildman–Crippen LogP) is 3.71. The summed E-state index contributed by atoms with van der Waals surface area (Å²) in [6.07, 6.45) is 0. The van der Waals surface area contributed by atoms with Crippen LogP contribution in [0.25, 0.3) is 10.9 Å². The van der Waals surface area contributed by atoms with Crippen LogP contribution in [0, 0.1) is 0 Å². The molecule has 0 aliphatic rings. The van der Waals surface area contributed by atoms with Crippen LogP contribution in [-0.4, -0.2) is 12.1 Å². The number of halogens is 1. The standard InChI is InChI=1S/C13H15BrN2O/c1-7(2)8-6-9-11(17-3)5-4-10(14)12(9)16-13(8)15/h4-7H,1-3H3,(H2,15,16). The zero-order valence-electron chi connectivity index (χ0n) is 10.1. The lowest BCUT2D eigenvalue weighted by Crippen LogP contribution is -2.01. The van der Waals surface area contributed by atoms with E-state index in [4.69, 9.17) is 10.5 Å². The van der Waals surface area contributed by atoms with Crippen molar-refractivity contribution in [3.63, 3.8) is 0 Å². The van der Waals surface area contributed by atoms with Crippen LogP contribution in [0.15, 0.2) is 22.7 Å². The molecule has 0 aliphatic carbocycles. The molecule has 0 saturated heterocycles. The Morgan fingerprint density at radius 3 is 2.65 bits per heavy atom. The Bertz CT molecular complexity index is 567. The van der Waals surface area contributed by atoms with Gasteiger partial charge in [0.15, 0.2) is 0 Å². The number of rotatable bonds is 2. The summed E-state index contributed by atoms with van der Waals surface area (Å²) < 4.78 is 6.28. The summed E-state index contributed by atoms with van der Waals surface area (Å²) >= 11 is 3.48. The molecular formula is C13H15BrN2O. The van der Waals surface area contributed by atoms with E-state index in [9.17, 15) is 0 Å². The lowest BCUT2D eigenvalue weighted by molar-refractivity contribution is 0.419. The number of pyridine rings is 1. The molecule has 90 valence electrons. The number of hydrogen-bond acceptors (Lipinski definition) is 3. The van der Waals surface area contributed by atoms with Crippen molar-refractivity contribution in [2.45, 2.75) is 19.8 Å². The summed E-state index contributed by atoms with van der Waals surface area (Å²) in [5, 5.41) is 0.986. The first-order valence-corrected chi connectivity index (χ1v) is 6.26. The predicted molar refractivity (Wildman–Crippen MR) is 74.5 cm³/mol. The smallest absolute Gasteiger partial charge is 0.128 e. The number of ether oxygens (including phenoxy) is 1. The molecule has 2 rings (SSSR count). The molecule has 1 heterocycles. The van der Waals surface area contributed by atoms with Crippen LogP contribution in [0.1, 0.15) is 25.3 Å². The average molecular weight is 295 g/mol. The van der Waals surface area contributed by atoms with Crippen LogP contribution in [0.5, 0.6) is 5.75 Å². The molecule has 0 unspecified atom stereocenters. The lowest BCUT2D eigenvalue weighted by atomic mass is 10.0. The van der Waals surface area contributed by atoms with E-state index in [1.165, 1.54) is 0 Å². The summed E-state index contributed by atoms with van der Waals surface area (Å²) in [6.45, 7) is 4.20. The molecule has 0 saturated carbocycles. The van der Waals surface area contributed by atoms with Crippen LogP contribution >= 0.6 is 15.9 Å². The van der Waals surface area contributed by atoms with Crippen molar-refractivity contribution < 1.29 is 4.74 Å². The van der Waals surface area contributed by atoms with Crippen LogP contribution in [0.3, 0.4) is 0 Å². The van der Waals surface area contributed by atoms with Crippen LogP contribution < -0.4 is 10.5 Å². The van der Waals surface area contributed by atoms with E-state index in [1.807, 2.05) is 12.1 Å². The maximum Gasteiger partial charge on any atom is 0.128 e. The van der Waals surface area contributed by atoms with Crippen molar-refractivity contribution in [1.29, 1.82) is 0 Å². The molecule has 17 heavy (non-hydrogen) atoms. The Hall–Kier alpha value is -1.29. The van der Waals surface area contributed by atoms with Gasteiger partial charge in [-0.25, -0.2) is 4.98 Å². The van der Waals surface area contributed by atoms with Crippen molar-refractivity contribution >= 4 is 32.7 Å². The second-order valence-electron chi connectivity index (χ2n) is 4.26. The fourth-order valence-corrected chi connectivity index (χ4v) is 2.31. The van der Waals surface area contributed by atoms with Gasteiger partial charge in [0.1, 0.15) is 11.6 Å². The van der Waals surface area contributed by atoms with Gasteiger partial charge in [0.05, 0.1) is 12.6 Å². The molecular weight excluding hydrogens is 280 g/mol. The Balaban J connectivity index is 2.82. The fraction of sp³-hybridized carbons (Fsp3) is 0.308. The summed E-state index contributed by atoms with van der Waals surface area (Å²) in [6, 6.07) is 5.91. The highest BCUT2D eigenvalue weighted by Crippen LogP contribution is 2.34. The van der Waals surface area contributed by atoms with E-state index < -0.39 is 0 Å². The second-order valence-corrected chi connectivity index (χ2v) is 5.12. The Morgan fingerprint density at radius 2 is 2.06 bits per heavy atom. The molecule has 0 spiro atoms. The third-order valence-electron chi connectivity index (χ3n) is 2.80. The normalized spacial score (nSPS) is 11.1. The van der Waals surface area contributed by atoms with E-state index in [2.05, 4.69) is 40.8 Å². The fourth-order valence-electron chi connectivity index (χ4n) is 1.87. The van der Waals surface area contributed by atoms with Gasteiger partial charge in [0, 0.05) is 9.86 Å². The minimum absolute atomic E-state index is 0.343. The summed E-state index contributed by atoms with van der Waals surface area (Å²) in [5.41, 5.74) is 7.86. The highest BCUT2D eigenvalue weighted by molar-refractivity contribution is 9.10. The zero-order chi connectivity index (χ0) is 12.6. The Morgan fingerprint density at radius 1 is 1.35 bits per heavy atom. The number of nitrogens with zero attached hydrogens (tertiary/aromatic N) is 1. The summed E-state index contributed by atoms with van der Waals surface area (Å²) in [5.74, 6) is 1.75. The lowest BCUT2D eigenvalue weighted by Gasteiger charge is -2.13. The van der Waals surface area contributed by atoms with Crippen LogP contribution in [0.4, 0.5) is 5.82 Å². The number of methoxy groups -OCH3 is 1. The number of benzene rings is 1. The molecule has 2 N–H and O–H groups in total. The van der Waals surface area contributed by atoms with E-state index >= 15 is 0 Å². The number of aromatic nitrogens is 1. The van der Waals surface area contributed by atoms with Gasteiger partial charge in [-0.05, 0) is 45.6 Å². The van der Waals surface area contributed by atoms with Crippen molar-refractivity contribution in [3.8, 4) is 5.75 Å². The quantitative estimate of drug-likeness (QED) is 0.918. The van der Waals surface area contributed by atoms with Gasteiger partial charge in [0.25, 0.3) is 0 Å². The molecule has 1 aromatic carbocycles. The molecule has 1 aromatic heterocycles. The molecule has 4 heteroatoms. The van der Waals surface area contributed by atoms with Crippen molar-refractivity contribution in [2.75, 3.05) is 12.8 Å². The Labute approximate surface area is 109 Å². The minimum atomic E-state index is 0.343. The topological polar surface area (TPSA) is 48.1 Å². The summed E-state index contributed by atoms with van der Waals surface area (Å²) in [4.78, 5) is 4.46. The molecule has 0 amide bonds. The van der Waals surface area contributed by atoms with Gasteiger partial charge in [-0.3, -0.25) is 0 Å². The first-order chi connectivity index (χ1) is 8.04. The highest BCUT2D eigenvalue weighted by Gasteiger charge is 2.12. The molecule has 3 nitrogen and oxygen atoms in total. The van der Waals surface area contributed by atoms with Gasteiger partial charge in [-0.15, -0.1) is 0 Å². The van der Waals surface area contributed by atoms with Gasteiger partial charge >= 0.3 is 0 Å². The third kappa shape index (κ3) is 2.09. The molecule has 0 radical (unpaired) electrons. The molecule has 0 atom stereocenters. The zero-order valence-corrected chi connectivity index (χ0v) is 11.7. The minimum Gasteiger partial charge on any atom is -0.496 e. The van der Waals surface area contributed by atoms with Gasteiger partial charge in [0.2, 0.25) is 0 Å². The van der Waals surface area contributed by atoms with Crippen molar-refractivity contribution in [2.24, 2.45) is 0 Å². The van der Waals surface area contributed by atoms with Gasteiger partial charge < -0.3 is 10.5 Å². The number of nitrogens with two attached hydrogens (primary N) is 1.